The molecule has 2 N–H and O–H groups in total. The topological polar surface area (TPSA) is 38.9 Å². The number of halogens is 1. The molecule has 17 heavy (non-hydrogen) atoms. The molecule has 0 aliphatic heterocycles. The lowest BCUT2D eigenvalue weighted by Gasteiger charge is -2.24. The Labute approximate surface area is 111 Å². The summed E-state index contributed by atoms with van der Waals surface area (Å²) in [6, 6.07) is 4.19. The number of hydrogen-bond acceptors (Lipinski definition) is 2. The van der Waals surface area contributed by atoms with E-state index in [-0.39, 0.29) is 6.04 Å². The molecule has 2 fully saturated rings. The third kappa shape index (κ3) is 2.41. The minimum atomic E-state index is 0.118. The predicted molar refractivity (Wildman–Crippen MR) is 72.4 cm³/mol. The van der Waals surface area contributed by atoms with Crippen LogP contribution in [-0.4, -0.2) is 4.98 Å². The molecule has 1 aromatic rings. The second kappa shape index (κ2) is 4.69. The average Bonchev–Trinajstić information content (AvgIpc) is 2.91. The van der Waals surface area contributed by atoms with Crippen molar-refractivity contribution in [2.24, 2.45) is 23.5 Å². The molecule has 4 atom stereocenters. The van der Waals surface area contributed by atoms with E-state index in [0.29, 0.717) is 0 Å². The Morgan fingerprint density at radius 1 is 1.35 bits per heavy atom. The van der Waals surface area contributed by atoms with Gasteiger partial charge in [-0.3, -0.25) is 4.98 Å². The van der Waals surface area contributed by atoms with E-state index in [0.717, 1.165) is 34.3 Å². The molecular weight excluding hydrogens is 276 g/mol. The van der Waals surface area contributed by atoms with Gasteiger partial charge in [0.25, 0.3) is 0 Å². The molecule has 92 valence electrons. The first-order valence-electron chi connectivity index (χ1n) is 6.59. The molecule has 3 rings (SSSR count). The van der Waals surface area contributed by atoms with Crippen molar-refractivity contribution < 1.29 is 0 Å². The number of hydrogen-bond donors (Lipinski definition) is 1. The van der Waals surface area contributed by atoms with Crippen LogP contribution in [0.2, 0.25) is 0 Å². The van der Waals surface area contributed by atoms with Crippen LogP contribution in [0, 0.1) is 17.8 Å². The van der Waals surface area contributed by atoms with Crippen LogP contribution in [0.5, 0.6) is 0 Å². The molecule has 3 heteroatoms. The summed E-state index contributed by atoms with van der Waals surface area (Å²) in [5.74, 6) is 2.82. The summed E-state index contributed by atoms with van der Waals surface area (Å²) < 4.78 is 1.02. The van der Waals surface area contributed by atoms with Gasteiger partial charge in [0.05, 0.1) is 5.69 Å². The molecule has 1 heterocycles. The molecule has 1 aromatic heterocycles. The van der Waals surface area contributed by atoms with Crippen molar-refractivity contribution in [1.29, 1.82) is 0 Å². The Bertz CT molecular complexity index is 390. The Morgan fingerprint density at radius 3 is 2.82 bits per heavy atom. The Balaban J connectivity index is 1.63. The summed E-state index contributed by atoms with van der Waals surface area (Å²) in [6.07, 6.45) is 8.74. The highest BCUT2D eigenvalue weighted by atomic mass is 79.9. The second-order valence-corrected chi connectivity index (χ2v) is 6.59. The summed E-state index contributed by atoms with van der Waals surface area (Å²) in [7, 11) is 0. The number of rotatable bonds is 3. The SMILES string of the molecule is NC(CC1CC2CCC1C2)c1ccc(Br)cn1. The van der Waals surface area contributed by atoms with Crippen LogP contribution in [0.4, 0.5) is 0 Å². The smallest absolute Gasteiger partial charge is 0.0571 e. The first-order valence-corrected chi connectivity index (χ1v) is 7.38. The number of pyridine rings is 1. The highest BCUT2D eigenvalue weighted by molar-refractivity contribution is 9.10. The van der Waals surface area contributed by atoms with E-state index in [4.69, 9.17) is 5.73 Å². The van der Waals surface area contributed by atoms with Gasteiger partial charge in [0.15, 0.2) is 0 Å². The molecule has 2 aliphatic rings. The van der Waals surface area contributed by atoms with Crippen LogP contribution in [0.25, 0.3) is 0 Å². The average molecular weight is 295 g/mol. The monoisotopic (exact) mass is 294 g/mol. The van der Waals surface area contributed by atoms with Crippen molar-refractivity contribution in [2.45, 2.75) is 38.1 Å². The molecule has 0 saturated heterocycles. The summed E-state index contributed by atoms with van der Waals surface area (Å²) in [6.45, 7) is 0. The first-order chi connectivity index (χ1) is 8.22. The van der Waals surface area contributed by atoms with E-state index in [1.165, 1.54) is 25.7 Å². The fourth-order valence-electron chi connectivity index (χ4n) is 3.72. The van der Waals surface area contributed by atoms with Gasteiger partial charge in [-0.1, -0.05) is 6.42 Å². The molecule has 2 nitrogen and oxygen atoms in total. The van der Waals surface area contributed by atoms with Gasteiger partial charge in [0, 0.05) is 16.7 Å². The van der Waals surface area contributed by atoms with Gasteiger partial charge in [-0.05, 0) is 71.5 Å². The summed E-state index contributed by atoms with van der Waals surface area (Å²) in [5, 5.41) is 0. The van der Waals surface area contributed by atoms with Crippen molar-refractivity contribution in [3.63, 3.8) is 0 Å². The lowest BCUT2D eigenvalue weighted by atomic mass is 9.84. The fraction of sp³-hybridized carbons (Fsp3) is 0.643. The van der Waals surface area contributed by atoms with Crippen LogP contribution >= 0.6 is 15.9 Å². The maximum Gasteiger partial charge on any atom is 0.0571 e. The van der Waals surface area contributed by atoms with Gasteiger partial charge in [0.2, 0.25) is 0 Å². The summed E-state index contributed by atoms with van der Waals surface area (Å²) in [4.78, 5) is 4.41. The first kappa shape index (κ1) is 11.7. The third-order valence-electron chi connectivity index (χ3n) is 4.57. The second-order valence-electron chi connectivity index (χ2n) is 5.68. The number of nitrogens with two attached hydrogens (primary N) is 1. The minimum absolute atomic E-state index is 0.118. The Morgan fingerprint density at radius 2 is 2.24 bits per heavy atom. The van der Waals surface area contributed by atoms with Crippen LogP contribution < -0.4 is 5.73 Å². The van der Waals surface area contributed by atoms with E-state index in [1.807, 2.05) is 18.3 Å². The standard InChI is InChI=1S/C14H19BrN2/c15-12-3-4-14(17-8-12)13(16)7-11-6-9-1-2-10(11)5-9/h3-4,8-11,13H,1-2,5-7,16H2. The van der Waals surface area contributed by atoms with Crippen molar-refractivity contribution in [3.8, 4) is 0 Å². The van der Waals surface area contributed by atoms with Crippen LogP contribution in [0.1, 0.15) is 43.8 Å². The third-order valence-corrected chi connectivity index (χ3v) is 5.04. The summed E-state index contributed by atoms with van der Waals surface area (Å²) in [5.41, 5.74) is 7.32. The normalized spacial score (nSPS) is 32.9. The number of nitrogens with zero attached hydrogens (tertiary/aromatic N) is 1. The zero-order valence-electron chi connectivity index (χ0n) is 9.98. The number of aromatic nitrogens is 1. The Kier molecular flexibility index (Phi) is 3.22. The molecular formula is C14H19BrN2. The molecule has 0 radical (unpaired) electrons. The van der Waals surface area contributed by atoms with Gasteiger partial charge in [-0.25, -0.2) is 0 Å². The van der Waals surface area contributed by atoms with E-state index in [2.05, 4.69) is 20.9 Å². The van der Waals surface area contributed by atoms with Crippen LogP contribution in [0.3, 0.4) is 0 Å². The van der Waals surface area contributed by atoms with Crippen molar-refractivity contribution in [2.75, 3.05) is 0 Å². The van der Waals surface area contributed by atoms with E-state index in [1.54, 1.807) is 0 Å². The van der Waals surface area contributed by atoms with E-state index >= 15 is 0 Å². The van der Waals surface area contributed by atoms with Gasteiger partial charge < -0.3 is 5.73 Å². The summed E-state index contributed by atoms with van der Waals surface area (Å²) >= 11 is 3.41. The van der Waals surface area contributed by atoms with Gasteiger partial charge in [0.1, 0.15) is 0 Å². The van der Waals surface area contributed by atoms with E-state index < -0.39 is 0 Å². The molecule has 0 aromatic carbocycles. The lowest BCUT2D eigenvalue weighted by molar-refractivity contribution is 0.294. The van der Waals surface area contributed by atoms with Crippen molar-refractivity contribution in [1.82, 2.24) is 4.98 Å². The lowest BCUT2D eigenvalue weighted by Crippen LogP contribution is -2.20. The molecule has 0 amide bonds. The molecule has 2 saturated carbocycles. The highest BCUT2D eigenvalue weighted by Crippen LogP contribution is 2.50. The molecule has 4 unspecified atom stereocenters. The Hall–Kier alpha value is -0.410. The molecule has 0 spiro atoms. The fourth-order valence-corrected chi connectivity index (χ4v) is 3.95. The maximum absolute atomic E-state index is 6.28. The van der Waals surface area contributed by atoms with Crippen LogP contribution in [0.15, 0.2) is 22.8 Å². The van der Waals surface area contributed by atoms with Gasteiger partial charge in [-0.15, -0.1) is 0 Å². The zero-order chi connectivity index (χ0) is 11.8. The molecule has 2 aliphatic carbocycles. The van der Waals surface area contributed by atoms with Crippen LogP contribution in [-0.2, 0) is 0 Å². The number of fused-ring (bicyclic) bond motifs is 2. The quantitative estimate of drug-likeness (QED) is 0.924. The van der Waals surface area contributed by atoms with Crippen molar-refractivity contribution >= 4 is 15.9 Å². The maximum atomic E-state index is 6.28. The zero-order valence-corrected chi connectivity index (χ0v) is 11.6. The van der Waals surface area contributed by atoms with Gasteiger partial charge >= 0.3 is 0 Å². The van der Waals surface area contributed by atoms with E-state index in [9.17, 15) is 0 Å². The highest BCUT2D eigenvalue weighted by Gasteiger charge is 2.39. The predicted octanol–water partition coefficient (Wildman–Crippen LogP) is 3.67. The minimum Gasteiger partial charge on any atom is -0.323 e. The molecule has 2 bridgehead atoms. The van der Waals surface area contributed by atoms with Gasteiger partial charge in [-0.2, -0.15) is 0 Å². The van der Waals surface area contributed by atoms with Crippen molar-refractivity contribution in [3.05, 3.63) is 28.5 Å². The largest absolute Gasteiger partial charge is 0.323 e.